The number of carbonyl (C=O) groups excluding carboxylic acids is 3. The minimum absolute atomic E-state index is 0.00279. The number of hydrogen-bond donors (Lipinski definition) is 1. The second kappa shape index (κ2) is 11.3. The van der Waals surface area contributed by atoms with Crippen molar-refractivity contribution in [3.8, 4) is 5.75 Å². The highest BCUT2D eigenvalue weighted by atomic mass is 32.2. The molecule has 2 aromatic rings. The Hall–Kier alpha value is -3.20. The van der Waals surface area contributed by atoms with E-state index in [4.69, 9.17) is 14.6 Å². The van der Waals surface area contributed by atoms with E-state index in [0.29, 0.717) is 17.9 Å². The maximum absolute atomic E-state index is 12.2. The molecule has 1 aliphatic rings. The van der Waals surface area contributed by atoms with Crippen molar-refractivity contribution in [2.45, 2.75) is 56.8 Å². The molecule has 1 aromatic carbocycles. The topological polar surface area (TPSA) is 120 Å². The Labute approximate surface area is 202 Å². The van der Waals surface area contributed by atoms with Crippen molar-refractivity contribution in [3.63, 3.8) is 0 Å². The van der Waals surface area contributed by atoms with Crippen molar-refractivity contribution >= 4 is 34.6 Å². The molecule has 0 radical (unpaired) electrons. The van der Waals surface area contributed by atoms with E-state index in [1.165, 1.54) is 0 Å². The number of hydrogen-bond acceptors (Lipinski definition) is 8. The predicted octanol–water partition coefficient (Wildman–Crippen LogP) is 3.71. The first kappa shape index (κ1) is 25.4. The van der Waals surface area contributed by atoms with Crippen molar-refractivity contribution in [2.75, 3.05) is 6.61 Å². The molecule has 1 N–H and O–H groups in total. The molecule has 2 heterocycles. The van der Waals surface area contributed by atoms with E-state index in [1.807, 2.05) is 25.1 Å². The molecule has 180 valence electrons. The predicted molar refractivity (Wildman–Crippen MR) is 126 cm³/mol. The van der Waals surface area contributed by atoms with Crippen LogP contribution in [0.5, 0.6) is 5.75 Å². The van der Waals surface area contributed by atoms with Gasteiger partial charge in [-0.3, -0.25) is 24.2 Å². The van der Waals surface area contributed by atoms with Crippen LogP contribution in [0.1, 0.15) is 56.0 Å². The lowest BCUT2D eigenvalue weighted by atomic mass is 9.95. The lowest BCUT2D eigenvalue weighted by Crippen LogP contribution is -2.29. The van der Waals surface area contributed by atoms with Gasteiger partial charge in [-0.25, -0.2) is 0 Å². The fraction of sp³-hybridized carbons (Fsp3) is 0.400. The number of aryl methyl sites for hydroxylation is 1. The van der Waals surface area contributed by atoms with Crippen LogP contribution >= 0.6 is 11.8 Å². The highest BCUT2D eigenvalue weighted by molar-refractivity contribution is 8.16. The Morgan fingerprint density at radius 3 is 2.38 bits per heavy atom. The smallest absolute Gasteiger partial charge is 0.307 e. The molecule has 0 amide bonds. The summed E-state index contributed by atoms with van der Waals surface area (Å²) in [4.78, 5) is 51.0. The molecular formula is C25H27NO7S. The maximum Gasteiger partial charge on any atom is 0.307 e. The summed E-state index contributed by atoms with van der Waals surface area (Å²) in [5, 5.41) is 8.70. The van der Waals surface area contributed by atoms with Gasteiger partial charge >= 0.3 is 11.9 Å². The van der Waals surface area contributed by atoms with E-state index >= 15 is 0 Å². The standard InChI is InChI=1S/C25H27NO7S/c1-3-16-6-9-19(26-14-16)20(33-23(30)11-10-22(28)29)15-32-18-7-4-17(5-8-18)13-25(2)21(27)12-24(31)34-25/h4-9,14,20H,3,10-13,15H2,1-2H3,(H,28,29)/t20-,25?/m1/s1. The third-order valence-electron chi connectivity index (χ3n) is 5.50. The molecule has 8 nitrogen and oxygen atoms in total. The Balaban J connectivity index is 1.65. The first-order chi connectivity index (χ1) is 16.2. The van der Waals surface area contributed by atoms with Crippen LogP contribution in [0.2, 0.25) is 0 Å². The summed E-state index contributed by atoms with van der Waals surface area (Å²) in [6.07, 6.45) is 1.57. The molecule has 1 aliphatic heterocycles. The third-order valence-corrected chi connectivity index (χ3v) is 6.70. The van der Waals surface area contributed by atoms with Crippen molar-refractivity contribution in [1.82, 2.24) is 4.98 Å². The summed E-state index contributed by atoms with van der Waals surface area (Å²) in [6, 6.07) is 10.8. The number of thioether (sulfide) groups is 1. The highest BCUT2D eigenvalue weighted by Gasteiger charge is 2.43. The average Bonchev–Trinajstić information content (AvgIpc) is 3.06. The molecule has 1 aromatic heterocycles. The van der Waals surface area contributed by atoms with Gasteiger partial charge in [-0.1, -0.05) is 36.9 Å². The van der Waals surface area contributed by atoms with Gasteiger partial charge in [0.05, 0.1) is 29.7 Å². The first-order valence-corrected chi connectivity index (χ1v) is 11.8. The van der Waals surface area contributed by atoms with Gasteiger partial charge in [0.25, 0.3) is 0 Å². The van der Waals surface area contributed by atoms with E-state index in [1.54, 1.807) is 31.3 Å². The molecule has 1 unspecified atom stereocenters. The van der Waals surface area contributed by atoms with Crippen molar-refractivity contribution < 1.29 is 33.8 Å². The number of ketones is 1. The first-order valence-electron chi connectivity index (χ1n) is 11.0. The molecule has 34 heavy (non-hydrogen) atoms. The van der Waals surface area contributed by atoms with Gasteiger partial charge in [-0.2, -0.15) is 0 Å². The monoisotopic (exact) mass is 485 g/mol. The number of carbonyl (C=O) groups is 4. The zero-order valence-corrected chi connectivity index (χ0v) is 19.9. The Morgan fingerprint density at radius 1 is 1.12 bits per heavy atom. The second-order valence-corrected chi connectivity index (χ2v) is 9.81. The molecule has 0 bridgehead atoms. The molecule has 0 saturated carbocycles. The number of carboxylic acids is 1. The lowest BCUT2D eigenvalue weighted by molar-refractivity contribution is -0.153. The fourth-order valence-corrected chi connectivity index (χ4v) is 4.63. The summed E-state index contributed by atoms with van der Waals surface area (Å²) >= 11 is 1.09. The quantitative estimate of drug-likeness (QED) is 0.375. The molecule has 0 aliphatic carbocycles. The Bertz CT molecular complexity index is 1050. The number of ether oxygens (including phenoxy) is 2. The zero-order valence-electron chi connectivity index (χ0n) is 19.1. The summed E-state index contributed by atoms with van der Waals surface area (Å²) in [5.41, 5.74) is 2.44. The Morgan fingerprint density at radius 2 is 1.82 bits per heavy atom. The molecule has 0 spiro atoms. The molecule has 1 fully saturated rings. The van der Waals surface area contributed by atoms with Gasteiger partial charge in [-0.05, 0) is 49.1 Å². The summed E-state index contributed by atoms with van der Waals surface area (Å²) < 4.78 is 10.6. The van der Waals surface area contributed by atoms with Gasteiger partial charge in [0.15, 0.2) is 17.0 Å². The van der Waals surface area contributed by atoms with Gasteiger partial charge in [-0.15, -0.1) is 0 Å². The number of nitrogens with zero attached hydrogens (tertiary/aromatic N) is 1. The summed E-state index contributed by atoms with van der Waals surface area (Å²) in [7, 11) is 0. The highest BCUT2D eigenvalue weighted by Crippen LogP contribution is 2.39. The number of carboxylic acid groups (broad SMARTS) is 1. The van der Waals surface area contributed by atoms with Gasteiger partial charge in [0.2, 0.25) is 0 Å². The van der Waals surface area contributed by atoms with Crippen LogP contribution in [0.25, 0.3) is 0 Å². The van der Waals surface area contributed by atoms with E-state index in [2.05, 4.69) is 4.98 Å². The molecule has 2 atom stereocenters. The van der Waals surface area contributed by atoms with E-state index < -0.39 is 22.8 Å². The maximum atomic E-state index is 12.2. The minimum Gasteiger partial charge on any atom is -0.489 e. The van der Waals surface area contributed by atoms with Crippen LogP contribution in [-0.4, -0.2) is 44.3 Å². The zero-order chi connectivity index (χ0) is 24.7. The van der Waals surface area contributed by atoms with E-state index in [-0.39, 0.29) is 36.8 Å². The fourth-order valence-electron chi connectivity index (χ4n) is 3.50. The van der Waals surface area contributed by atoms with Crippen LogP contribution in [0.15, 0.2) is 42.6 Å². The summed E-state index contributed by atoms with van der Waals surface area (Å²) in [5.74, 6) is -1.25. The molecule has 1 saturated heterocycles. The average molecular weight is 486 g/mol. The van der Waals surface area contributed by atoms with Gasteiger partial charge < -0.3 is 14.6 Å². The Kier molecular flexibility index (Phi) is 8.44. The summed E-state index contributed by atoms with van der Waals surface area (Å²) in [6.45, 7) is 3.79. The number of esters is 1. The van der Waals surface area contributed by atoms with Crippen LogP contribution < -0.4 is 4.74 Å². The molecule has 3 rings (SSSR count). The normalized spacial score (nSPS) is 18.5. The lowest BCUT2D eigenvalue weighted by Gasteiger charge is -2.20. The second-order valence-electron chi connectivity index (χ2n) is 8.25. The third kappa shape index (κ3) is 6.90. The number of aliphatic carboxylic acids is 1. The van der Waals surface area contributed by atoms with Crippen LogP contribution in [0.3, 0.4) is 0 Å². The van der Waals surface area contributed by atoms with Gasteiger partial charge in [0, 0.05) is 6.20 Å². The van der Waals surface area contributed by atoms with Crippen LogP contribution in [0.4, 0.5) is 0 Å². The van der Waals surface area contributed by atoms with E-state index in [9.17, 15) is 19.2 Å². The number of benzene rings is 1. The van der Waals surface area contributed by atoms with Crippen molar-refractivity contribution in [1.29, 1.82) is 0 Å². The number of rotatable bonds is 11. The van der Waals surface area contributed by atoms with Crippen molar-refractivity contribution in [3.05, 3.63) is 59.4 Å². The number of aromatic nitrogens is 1. The minimum atomic E-state index is -1.08. The molecular weight excluding hydrogens is 458 g/mol. The van der Waals surface area contributed by atoms with Crippen molar-refractivity contribution in [2.24, 2.45) is 0 Å². The SMILES string of the molecule is CCc1ccc([C@@H](COc2ccc(CC3(C)SC(=O)CC3=O)cc2)OC(=O)CCC(=O)O)nc1. The largest absolute Gasteiger partial charge is 0.489 e. The number of Topliss-reactive ketones (excluding diaryl/α,β-unsaturated/α-hetero) is 1. The van der Waals surface area contributed by atoms with E-state index in [0.717, 1.165) is 29.3 Å². The van der Waals surface area contributed by atoms with Gasteiger partial charge in [0.1, 0.15) is 12.4 Å². The number of pyridine rings is 1. The van der Waals surface area contributed by atoms with Crippen LogP contribution in [0, 0.1) is 0 Å². The van der Waals surface area contributed by atoms with Crippen LogP contribution in [-0.2, 0) is 36.8 Å². The molecule has 9 heteroatoms.